The summed E-state index contributed by atoms with van der Waals surface area (Å²) in [5, 5.41) is 6.47. The summed E-state index contributed by atoms with van der Waals surface area (Å²) in [6.45, 7) is 1.30. The highest BCUT2D eigenvalue weighted by atomic mass is 35.5. The average molecular weight is 579 g/mol. The van der Waals surface area contributed by atoms with E-state index in [2.05, 4.69) is 15.4 Å². The first kappa shape index (κ1) is 27.6. The SMILES string of the molecule is Cn1c(-c2cn(C3CC3)nc2C(F)(F)F)cnc1C(=O)Nc1ccc(C(=O)N2CCN(C(=O)CN)CC2)c(Cl)c1. The summed E-state index contributed by atoms with van der Waals surface area (Å²) in [7, 11) is 1.45. The van der Waals surface area contributed by atoms with E-state index in [4.69, 9.17) is 17.3 Å². The predicted octanol–water partition coefficient (Wildman–Crippen LogP) is 2.79. The van der Waals surface area contributed by atoms with Crippen molar-refractivity contribution in [2.45, 2.75) is 25.1 Å². The van der Waals surface area contributed by atoms with Gasteiger partial charge >= 0.3 is 6.18 Å². The van der Waals surface area contributed by atoms with Gasteiger partial charge in [0.2, 0.25) is 5.91 Å². The first-order valence-electron chi connectivity index (χ1n) is 12.5. The molecule has 3 N–H and O–H groups in total. The molecule has 2 aliphatic rings. The van der Waals surface area contributed by atoms with E-state index in [0.717, 1.165) is 12.8 Å². The standard InChI is InChI=1S/C25H26ClF3N8O3/c1-34-19(17-13-37(15-3-4-15)33-21(17)25(27,28)29)12-31-22(34)23(39)32-14-2-5-16(18(26)10-14)24(40)36-8-6-35(7-9-36)20(38)11-30/h2,5,10,12-13,15H,3-4,6-9,11,30H2,1H3,(H,32,39). The predicted molar refractivity (Wildman–Crippen MR) is 139 cm³/mol. The summed E-state index contributed by atoms with van der Waals surface area (Å²) < 4.78 is 43.6. The monoisotopic (exact) mass is 578 g/mol. The lowest BCUT2D eigenvalue weighted by molar-refractivity contribution is -0.141. The maximum absolute atomic E-state index is 13.7. The minimum atomic E-state index is -4.67. The maximum atomic E-state index is 13.7. The van der Waals surface area contributed by atoms with Crippen LogP contribution in [0.3, 0.4) is 0 Å². The number of nitrogens with zero attached hydrogens (tertiary/aromatic N) is 6. The molecule has 0 radical (unpaired) electrons. The number of carbonyl (C=O) groups excluding carboxylic acids is 3. The first-order chi connectivity index (χ1) is 19.0. The highest BCUT2D eigenvalue weighted by Crippen LogP contribution is 2.41. The molecule has 1 aliphatic heterocycles. The number of amides is 3. The van der Waals surface area contributed by atoms with Crippen LogP contribution < -0.4 is 11.1 Å². The van der Waals surface area contributed by atoms with Crippen LogP contribution >= 0.6 is 11.6 Å². The lowest BCUT2D eigenvalue weighted by Gasteiger charge is -2.34. The Morgan fingerprint density at radius 1 is 1.12 bits per heavy atom. The number of piperazine rings is 1. The molecular formula is C25H26ClF3N8O3. The van der Waals surface area contributed by atoms with Crippen molar-refractivity contribution in [1.82, 2.24) is 29.1 Å². The molecule has 1 saturated heterocycles. The number of benzene rings is 1. The van der Waals surface area contributed by atoms with Crippen molar-refractivity contribution in [1.29, 1.82) is 0 Å². The van der Waals surface area contributed by atoms with Gasteiger partial charge in [0.05, 0.1) is 40.6 Å². The number of nitrogens with two attached hydrogens (primary N) is 1. The van der Waals surface area contributed by atoms with E-state index in [1.807, 2.05) is 0 Å². The molecule has 3 heterocycles. The van der Waals surface area contributed by atoms with Gasteiger partial charge < -0.3 is 25.4 Å². The summed E-state index contributed by atoms with van der Waals surface area (Å²) in [6.07, 6.45) is -0.611. The number of rotatable bonds is 6. The van der Waals surface area contributed by atoms with Gasteiger partial charge in [0.25, 0.3) is 11.8 Å². The van der Waals surface area contributed by atoms with E-state index in [9.17, 15) is 27.6 Å². The zero-order valence-electron chi connectivity index (χ0n) is 21.4. The lowest BCUT2D eigenvalue weighted by atomic mass is 10.1. The number of hydrogen-bond donors (Lipinski definition) is 2. The molecule has 212 valence electrons. The van der Waals surface area contributed by atoms with Crippen molar-refractivity contribution in [3.63, 3.8) is 0 Å². The van der Waals surface area contributed by atoms with Crippen molar-refractivity contribution in [3.05, 3.63) is 52.7 Å². The molecule has 1 aromatic carbocycles. The van der Waals surface area contributed by atoms with E-state index >= 15 is 0 Å². The summed E-state index contributed by atoms with van der Waals surface area (Å²) in [5.74, 6) is -1.29. The Morgan fingerprint density at radius 3 is 2.40 bits per heavy atom. The smallest absolute Gasteiger partial charge is 0.338 e. The largest absolute Gasteiger partial charge is 0.435 e. The minimum Gasteiger partial charge on any atom is -0.338 e. The van der Waals surface area contributed by atoms with Gasteiger partial charge in [-0.2, -0.15) is 18.3 Å². The van der Waals surface area contributed by atoms with Crippen LogP contribution in [0, 0.1) is 0 Å². The Balaban J connectivity index is 1.29. The van der Waals surface area contributed by atoms with E-state index in [-0.39, 0.29) is 57.8 Å². The van der Waals surface area contributed by atoms with Crippen molar-refractivity contribution < 1.29 is 27.6 Å². The summed E-state index contributed by atoms with van der Waals surface area (Å²) in [4.78, 5) is 44.9. The highest BCUT2D eigenvalue weighted by molar-refractivity contribution is 6.34. The zero-order chi connectivity index (χ0) is 28.8. The molecule has 2 aromatic heterocycles. The summed E-state index contributed by atoms with van der Waals surface area (Å²) in [5.41, 5.74) is 4.79. The van der Waals surface area contributed by atoms with Gasteiger partial charge in [-0.25, -0.2) is 4.98 Å². The Labute approximate surface area is 231 Å². The van der Waals surface area contributed by atoms with E-state index in [1.54, 1.807) is 9.80 Å². The third kappa shape index (κ3) is 5.41. The van der Waals surface area contributed by atoms with Crippen molar-refractivity contribution in [3.8, 4) is 11.3 Å². The number of anilines is 1. The Kier molecular flexibility index (Phi) is 7.31. The molecule has 11 nitrogen and oxygen atoms in total. The van der Waals surface area contributed by atoms with Crippen LogP contribution in [-0.2, 0) is 18.0 Å². The maximum Gasteiger partial charge on any atom is 0.435 e. The summed E-state index contributed by atoms with van der Waals surface area (Å²) in [6, 6.07) is 4.32. The van der Waals surface area contributed by atoms with Crippen LogP contribution in [0.4, 0.5) is 18.9 Å². The number of aromatic nitrogens is 4. The number of carbonyl (C=O) groups is 3. The van der Waals surface area contributed by atoms with Crippen molar-refractivity contribution in [2.24, 2.45) is 12.8 Å². The Bertz CT molecular complexity index is 1470. The molecule has 3 aromatic rings. The second kappa shape index (κ2) is 10.6. The van der Waals surface area contributed by atoms with Crippen LogP contribution in [0.25, 0.3) is 11.3 Å². The molecule has 40 heavy (non-hydrogen) atoms. The minimum absolute atomic E-state index is 0.0598. The van der Waals surface area contributed by atoms with Crippen LogP contribution in [0.1, 0.15) is 45.6 Å². The van der Waals surface area contributed by atoms with Crippen molar-refractivity contribution >= 4 is 35.0 Å². The molecule has 1 aliphatic carbocycles. The third-order valence-corrected chi connectivity index (χ3v) is 7.25. The summed E-state index contributed by atoms with van der Waals surface area (Å²) >= 11 is 6.37. The van der Waals surface area contributed by atoms with Crippen LogP contribution in [0.2, 0.25) is 5.02 Å². The fourth-order valence-corrected chi connectivity index (χ4v) is 4.86. The number of imidazole rings is 1. The molecule has 15 heteroatoms. The molecule has 3 amide bonds. The van der Waals surface area contributed by atoms with Gasteiger partial charge in [0.1, 0.15) is 0 Å². The molecule has 0 bridgehead atoms. The number of hydrogen-bond acceptors (Lipinski definition) is 6. The number of alkyl halides is 3. The second-order valence-corrected chi connectivity index (χ2v) is 10.1. The van der Waals surface area contributed by atoms with Gasteiger partial charge in [-0.05, 0) is 31.0 Å². The fraction of sp³-hybridized carbons (Fsp3) is 0.400. The van der Waals surface area contributed by atoms with E-state index in [0.29, 0.717) is 26.2 Å². The molecular weight excluding hydrogens is 553 g/mol. The normalized spacial score (nSPS) is 15.8. The van der Waals surface area contributed by atoms with E-state index in [1.165, 1.54) is 46.9 Å². The van der Waals surface area contributed by atoms with Gasteiger partial charge in [0.15, 0.2) is 11.5 Å². The first-order valence-corrected chi connectivity index (χ1v) is 12.9. The van der Waals surface area contributed by atoms with Gasteiger partial charge in [0, 0.05) is 45.1 Å². The number of nitrogens with one attached hydrogen (secondary N) is 1. The van der Waals surface area contributed by atoms with Crippen LogP contribution in [0.15, 0.2) is 30.6 Å². The average Bonchev–Trinajstić information content (AvgIpc) is 3.55. The zero-order valence-corrected chi connectivity index (χ0v) is 22.2. The lowest BCUT2D eigenvalue weighted by Crippen LogP contribution is -2.51. The van der Waals surface area contributed by atoms with Gasteiger partial charge in [-0.1, -0.05) is 11.6 Å². The van der Waals surface area contributed by atoms with Gasteiger partial charge in [-0.15, -0.1) is 0 Å². The number of halogens is 4. The molecule has 0 unspecified atom stereocenters. The Morgan fingerprint density at radius 2 is 1.80 bits per heavy atom. The van der Waals surface area contributed by atoms with Crippen LogP contribution in [0.5, 0.6) is 0 Å². The quantitative estimate of drug-likeness (QED) is 0.462. The molecule has 0 spiro atoms. The highest BCUT2D eigenvalue weighted by Gasteiger charge is 2.40. The van der Waals surface area contributed by atoms with Crippen LogP contribution in [-0.4, -0.2) is 79.6 Å². The topological polar surface area (TPSA) is 131 Å². The molecule has 0 atom stereocenters. The molecule has 2 fully saturated rings. The van der Waals surface area contributed by atoms with Gasteiger partial charge in [-0.3, -0.25) is 19.1 Å². The Hall–Kier alpha value is -3.91. The third-order valence-electron chi connectivity index (χ3n) is 6.94. The van der Waals surface area contributed by atoms with E-state index < -0.39 is 17.8 Å². The van der Waals surface area contributed by atoms with Crippen molar-refractivity contribution in [2.75, 3.05) is 38.0 Å². The fourth-order valence-electron chi connectivity index (χ4n) is 4.60. The molecule has 5 rings (SSSR count). The molecule has 1 saturated carbocycles. The second-order valence-electron chi connectivity index (χ2n) is 9.65.